The molecule has 2 amide bonds. The summed E-state index contributed by atoms with van der Waals surface area (Å²) >= 11 is 0. The zero-order valence-corrected chi connectivity index (χ0v) is 15.8. The summed E-state index contributed by atoms with van der Waals surface area (Å²) < 4.78 is 0. The van der Waals surface area contributed by atoms with Gasteiger partial charge in [-0.1, -0.05) is 43.3 Å². The number of carbonyl (C=O) groups excluding carboxylic acids is 2. The van der Waals surface area contributed by atoms with Gasteiger partial charge in [-0.2, -0.15) is 0 Å². The molecule has 1 atom stereocenters. The molecule has 3 aromatic carbocycles. The summed E-state index contributed by atoms with van der Waals surface area (Å²) in [5.74, 6) is 0.238. The second-order valence-corrected chi connectivity index (χ2v) is 7.25. The lowest BCUT2D eigenvalue weighted by Crippen LogP contribution is -2.39. The quantitative estimate of drug-likeness (QED) is 0.721. The van der Waals surface area contributed by atoms with E-state index in [1.54, 1.807) is 36.4 Å². The molecule has 0 aliphatic carbocycles. The van der Waals surface area contributed by atoms with Crippen molar-refractivity contribution in [2.45, 2.75) is 13.3 Å². The fourth-order valence-electron chi connectivity index (χ4n) is 3.63. The van der Waals surface area contributed by atoms with E-state index in [-0.39, 0.29) is 11.8 Å². The second kappa shape index (κ2) is 7.69. The molecule has 0 spiro atoms. The van der Waals surface area contributed by atoms with Crippen LogP contribution in [0.25, 0.3) is 0 Å². The van der Waals surface area contributed by atoms with Crippen molar-refractivity contribution in [3.63, 3.8) is 0 Å². The number of hydrogen-bond donors (Lipinski definition) is 1. The van der Waals surface area contributed by atoms with Crippen LogP contribution in [0.5, 0.6) is 0 Å². The predicted molar refractivity (Wildman–Crippen MR) is 112 cm³/mol. The first kappa shape index (κ1) is 18.0. The molecule has 0 saturated heterocycles. The molecule has 4 heteroatoms. The Morgan fingerprint density at radius 3 is 2.29 bits per heavy atom. The van der Waals surface area contributed by atoms with Gasteiger partial charge in [0, 0.05) is 29.0 Å². The van der Waals surface area contributed by atoms with Gasteiger partial charge >= 0.3 is 0 Å². The second-order valence-electron chi connectivity index (χ2n) is 7.25. The van der Waals surface area contributed by atoms with Crippen LogP contribution in [-0.4, -0.2) is 18.4 Å². The lowest BCUT2D eigenvalue weighted by Gasteiger charge is -2.33. The third-order valence-corrected chi connectivity index (χ3v) is 5.02. The Morgan fingerprint density at radius 2 is 1.54 bits per heavy atom. The van der Waals surface area contributed by atoms with Crippen LogP contribution < -0.4 is 10.2 Å². The van der Waals surface area contributed by atoms with Crippen LogP contribution in [0.15, 0.2) is 78.9 Å². The number of rotatable bonds is 3. The summed E-state index contributed by atoms with van der Waals surface area (Å²) in [6, 6.07) is 24.2. The molecule has 1 unspecified atom stereocenters. The van der Waals surface area contributed by atoms with Crippen LogP contribution in [0.4, 0.5) is 11.4 Å². The minimum Gasteiger partial charge on any atom is -0.322 e. The van der Waals surface area contributed by atoms with Crippen LogP contribution in [0.3, 0.4) is 0 Å². The van der Waals surface area contributed by atoms with Crippen molar-refractivity contribution in [1.82, 2.24) is 0 Å². The Morgan fingerprint density at radius 1 is 0.857 bits per heavy atom. The third-order valence-electron chi connectivity index (χ3n) is 5.02. The van der Waals surface area contributed by atoms with Crippen LogP contribution >= 0.6 is 0 Å². The number of anilines is 2. The highest BCUT2D eigenvalue weighted by atomic mass is 16.2. The Hall–Kier alpha value is -3.40. The van der Waals surface area contributed by atoms with Gasteiger partial charge in [-0.15, -0.1) is 0 Å². The molecule has 3 aromatic rings. The maximum absolute atomic E-state index is 13.1. The third kappa shape index (κ3) is 3.67. The van der Waals surface area contributed by atoms with E-state index in [0.29, 0.717) is 29.3 Å². The van der Waals surface area contributed by atoms with Gasteiger partial charge in [-0.05, 0) is 60.4 Å². The molecular formula is C24H22N2O2. The number of amides is 2. The molecule has 140 valence electrons. The smallest absolute Gasteiger partial charge is 0.258 e. The van der Waals surface area contributed by atoms with E-state index in [2.05, 4.69) is 18.3 Å². The average molecular weight is 370 g/mol. The first-order valence-corrected chi connectivity index (χ1v) is 9.48. The lowest BCUT2D eigenvalue weighted by atomic mass is 9.93. The zero-order valence-electron chi connectivity index (χ0n) is 15.8. The molecule has 0 radical (unpaired) electrons. The van der Waals surface area contributed by atoms with Crippen LogP contribution in [0.2, 0.25) is 0 Å². The van der Waals surface area contributed by atoms with E-state index in [1.165, 1.54) is 5.56 Å². The largest absolute Gasteiger partial charge is 0.322 e. The van der Waals surface area contributed by atoms with Gasteiger partial charge in [0.2, 0.25) is 0 Å². The van der Waals surface area contributed by atoms with Gasteiger partial charge in [-0.3, -0.25) is 9.59 Å². The molecule has 28 heavy (non-hydrogen) atoms. The number of para-hydroxylation sites is 1. The van der Waals surface area contributed by atoms with Gasteiger partial charge in [-0.25, -0.2) is 0 Å². The van der Waals surface area contributed by atoms with E-state index < -0.39 is 0 Å². The Bertz CT molecular complexity index is 997. The monoisotopic (exact) mass is 370 g/mol. The standard InChI is InChI=1S/C24H22N2O2/c1-17-15-20-9-5-6-10-22(20)26(16-17)24(28)19-11-13-21(14-12-19)25-23(27)18-7-3-2-4-8-18/h2-14,17H,15-16H2,1H3,(H,25,27). The first-order valence-electron chi connectivity index (χ1n) is 9.48. The number of benzene rings is 3. The van der Waals surface area contributed by atoms with Crippen molar-refractivity contribution in [1.29, 1.82) is 0 Å². The van der Waals surface area contributed by atoms with Gasteiger partial charge in [0.05, 0.1) is 0 Å². The molecule has 4 rings (SSSR count). The Balaban J connectivity index is 1.51. The molecule has 1 heterocycles. The van der Waals surface area contributed by atoms with Gasteiger partial charge in [0.25, 0.3) is 11.8 Å². The maximum Gasteiger partial charge on any atom is 0.258 e. The van der Waals surface area contributed by atoms with Crippen molar-refractivity contribution in [3.8, 4) is 0 Å². The van der Waals surface area contributed by atoms with Crippen molar-refractivity contribution >= 4 is 23.2 Å². The van der Waals surface area contributed by atoms with Crippen molar-refractivity contribution < 1.29 is 9.59 Å². The van der Waals surface area contributed by atoms with Gasteiger partial charge in [0.1, 0.15) is 0 Å². The molecule has 0 saturated carbocycles. The SMILES string of the molecule is CC1Cc2ccccc2N(C(=O)c2ccc(NC(=O)c3ccccc3)cc2)C1. The first-order chi connectivity index (χ1) is 13.6. The van der Waals surface area contributed by atoms with Crippen LogP contribution in [0, 0.1) is 5.92 Å². The highest BCUT2D eigenvalue weighted by molar-refractivity contribution is 6.08. The molecule has 1 aliphatic heterocycles. The molecule has 1 aliphatic rings. The van der Waals surface area contributed by atoms with Crippen molar-refractivity contribution in [3.05, 3.63) is 95.6 Å². The van der Waals surface area contributed by atoms with Gasteiger partial charge in [0.15, 0.2) is 0 Å². The number of nitrogens with one attached hydrogen (secondary N) is 1. The van der Waals surface area contributed by atoms with E-state index in [1.807, 2.05) is 41.3 Å². The highest BCUT2D eigenvalue weighted by Crippen LogP contribution is 2.30. The average Bonchev–Trinajstić information content (AvgIpc) is 2.73. The molecular weight excluding hydrogens is 348 g/mol. The summed E-state index contributed by atoms with van der Waals surface area (Å²) in [5, 5.41) is 2.86. The number of nitrogens with zero attached hydrogens (tertiary/aromatic N) is 1. The summed E-state index contributed by atoms with van der Waals surface area (Å²) in [6.07, 6.45) is 0.990. The van der Waals surface area contributed by atoms with E-state index in [4.69, 9.17) is 0 Å². The summed E-state index contributed by atoms with van der Waals surface area (Å²) in [5.41, 5.74) is 4.08. The summed E-state index contributed by atoms with van der Waals surface area (Å²) in [4.78, 5) is 27.2. The zero-order chi connectivity index (χ0) is 19.5. The summed E-state index contributed by atoms with van der Waals surface area (Å²) in [7, 11) is 0. The predicted octanol–water partition coefficient (Wildman–Crippen LogP) is 4.78. The fraction of sp³-hybridized carbons (Fsp3) is 0.167. The number of hydrogen-bond acceptors (Lipinski definition) is 2. The molecule has 1 N–H and O–H groups in total. The van der Waals surface area contributed by atoms with Crippen molar-refractivity contribution in [2.24, 2.45) is 5.92 Å². The molecule has 0 bridgehead atoms. The molecule has 0 fully saturated rings. The van der Waals surface area contributed by atoms with E-state index >= 15 is 0 Å². The van der Waals surface area contributed by atoms with E-state index in [0.717, 1.165) is 12.1 Å². The highest BCUT2D eigenvalue weighted by Gasteiger charge is 2.26. The Kier molecular flexibility index (Phi) is 4.94. The number of carbonyl (C=O) groups is 2. The van der Waals surface area contributed by atoms with E-state index in [9.17, 15) is 9.59 Å². The maximum atomic E-state index is 13.1. The van der Waals surface area contributed by atoms with Crippen LogP contribution in [-0.2, 0) is 6.42 Å². The lowest BCUT2D eigenvalue weighted by molar-refractivity contribution is 0.0980. The minimum atomic E-state index is -0.168. The Labute approximate surface area is 164 Å². The van der Waals surface area contributed by atoms with Crippen LogP contribution in [0.1, 0.15) is 33.2 Å². The molecule has 0 aromatic heterocycles. The molecule has 4 nitrogen and oxygen atoms in total. The van der Waals surface area contributed by atoms with Gasteiger partial charge < -0.3 is 10.2 Å². The fourth-order valence-corrected chi connectivity index (χ4v) is 3.63. The number of fused-ring (bicyclic) bond motifs is 1. The minimum absolute atomic E-state index is 0.0139. The van der Waals surface area contributed by atoms with Crippen molar-refractivity contribution in [2.75, 3.05) is 16.8 Å². The normalized spacial score (nSPS) is 15.6. The topological polar surface area (TPSA) is 49.4 Å². The summed E-state index contributed by atoms with van der Waals surface area (Å²) in [6.45, 7) is 2.88.